The van der Waals surface area contributed by atoms with Gasteiger partial charge in [0.05, 0.1) is 9.04 Å². The molecule has 9 heteroatoms. The zero-order valence-electron chi connectivity index (χ0n) is 19.7. The van der Waals surface area contributed by atoms with E-state index < -0.39 is 61.4 Å². The highest BCUT2D eigenvalue weighted by molar-refractivity contribution is 5.84. The van der Waals surface area contributed by atoms with Crippen molar-refractivity contribution in [2.45, 2.75) is 45.2 Å². The maximum atomic E-state index is 12.4. The van der Waals surface area contributed by atoms with Gasteiger partial charge in [-0.3, -0.25) is 4.79 Å². The summed E-state index contributed by atoms with van der Waals surface area (Å²) in [5.41, 5.74) is -1.32. The number of amides is 2. The predicted octanol–water partition coefficient (Wildman–Crippen LogP) is 0.436. The molecular weight excluding hydrogens is 304 g/mol. The zero-order valence-corrected chi connectivity index (χ0v) is 12.7. The van der Waals surface area contributed by atoms with Gasteiger partial charge >= 0.3 is 12.1 Å². The van der Waals surface area contributed by atoms with Crippen LogP contribution in [-0.4, -0.2) is 51.2 Å². The summed E-state index contributed by atoms with van der Waals surface area (Å²) in [4.78, 5) is 41.3. The van der Waals surface area contributed by atoms with Gasteiger partial charge in [-0.2, -0.15) is 0 Å². The summed E-state index contributed by atoms with van der Waals surface area (Å²) in [6.45, 7) is 1.08. The average molecular weight is 333 g/mol. The molecule has 4 N–H and O–H groups in total. The molecule has 0 saturated heterocycles. The number of nitrogens with one attached hydrogen (secondary N) is 3. The third-order valence-corrected chi connectivity index (χ3v) is 2.07. The van der Waals surface area contributed by atoms with Gasteiger partial charge in [0.2, 0.25) is 5.91 Å². The monoisotopic (exact) mass is 333 g/mol. The lowest BCUT2D eigenvalue weighted by Gasteiger charge is -2.19. The van der Waals surface area contributed by atoms with Crippen LogP contribution in [0.1, 0.15) is 42.4 Å². The summed E-state index contributed by atoms with van der Waals surface area (Å²) < 4.78 is 58.5. The molecule has 0 saturated carbocycles. The number of imidazole rings is 1. The van der Waals surface area contributed by atoms with Gasteiger partial charge in [0.15, 0.2) is 0 Å². The Morgan fingerprint density at radius 3 is 2.78 bits per heavy atom. The van der Waals surface area contributed by atoms with Crippen molar-refractivity contribution in [1.82, 2.24) is 20.6 Å². The maximum Gasteiger partial charge on any atom is 0.407 e. The highest BCUT2D eigenvalue weighted by atomic mass is 16.6. The van der Waals surface area contributed by atoms with Crippen LogP contribution in [0, 0.1) is 0 Å². The van der Waals surface area contributed by atoms with E-state index in [4.69, 9.17) is 14.3 Å². The van der Waals surface area contributed by atoms with E-state index in [9.17, 15) is 19.5 Å². The van der Waals surface area contributed by atoms with Crippen molar-refractivity contribution in [1.29, 1.82) is 0 Å². The molecule has 1 aromatic heterocycles. The first-order valence-electron chi connectivity index (χ1n) is 9.90. The highest BCUT2D eigenvalue weighted by Gasteiger charge is 2.21. The topological polar surface area (TPSA) is 133 Å². The van der Waals surface area contributed by atoms with Crippen LogP contribution in [0.2, 0.25) is 0 Å². The molecule has 128 valence electrons. The minimum Gasteiger partial charge on any atom is -0.480 e. The summed E-state index contributed by atoms with van der Waals surface area (Å²) in [5, 5.41) is 12.5. The van der Waals surface area contributed by atoms with Gasteiger partial charge < -0.3 is 25.5 Å². The van der Waals surface area contributed by atoms with E-state index in [1.54, 1.807) is 10.6 Å². The fourth-order valence-corrected chi connectivity index (χ4v) is 1.26. The van der Waals surface area contributed by atoms with Crippen molar-refractivity contribution < 1.29 is 33.8 Å². The van der Waals surface area contributed by atoms with Crippen LogP contribution in [0.15, 0.2) is 12.5 Å². The standard InChI is InChI=1S/C14H22N4O5/c1-14(2,3)23-13(22)16-5-4-11(19)18-10(12(20)21)6-9-7-15-8-17-9/h7-8,10H,4-6H2,1-3H3,(H,15,17)(H,16,22)(H,18,19)(H,20,21)/t10-/m0/s1/i4D2,5D2,7D,8D,10D. The Morgan fingerprint density at radius 1 is 1.57 bits per heavy atom. The van der Waals surface area contributed by atoms with Gasteiger partial charge in [0.25, 0.3) is 0 Å². The number of alkyl carbamates (subject to hydrolysis) is 1. The molecule has 2 amide bonds. The second kappa shape index (κ2) is 8.16. The van der Waals surface area contributed by atoms with Crippen LogP contribution in [0.5, 0.6) is 0 Å². The number of hydrogen-bond acceptors (Lipinski definition) is 5. The minimum absolute atomic E-state index is 0.284. The lowest BCUT2D eigenvalue weighted by molar-refractivity contribution is -0.141. The van der Waals surface area contributed by atoms with Gasteiger partial charge in [-0.25, -0.2) is 14.6 Å². The Labute approximate surface area is 143 Å². The van der Waals surface area contributed by atoms with E-state index >= 15 is 0 Å². The maximum absolute atomic E-state index is 12.4. The summed E-state index contributed by atoms with van der Waals surface area (Å²) >= 11 is 0. The van der Waals surface area contributed by atoms with E-state index in [0.717, 1.165) is 0 Å². The lowest BCUT2D eigenvalue weighted by atomic mass is 10.1. The normalized spacial score (nSPS) is 19.3. The first-order valence-corrected chi connectivity index (χ1v) is 6.40. The minimum atomic E-state index is -3.52. The second-order valence-electron chi connectivity index (χ2n) is 5.23. The number of nitrogens with zero attached hydrogens (tertiary/aromatic N) is 1. The molecule has 23 heavy (non-hydrogen) atoms. The number of H-pyrrole nitrogens is 1. The molecule has 1 rings (SSSR count). The molecule has 0 aliphatic rings. The summed E-state index contributed by atoms with van der Waals surface area (Å²) in [5.74, 6) is -3.79. The Bertz CT molecular complexity index is 839. The van der Waals surface area contributed by atoms with Gasteiger partial charge in [0.1, 0.15) is 13.0 Å². The number of carboxylic acid groups (broad SMARTS) is 1. The van der Waals surface area contributed by atoms with Crippen LogP contribution < -0.4 is 10.6 Å². The fourth-order valence-electron chi connectivity index (χ4n) is 1.26. The fraction of sp³-hybridized carbons (Fsp3) is 0.571. The van der Waals surface area contributed by atoms with Crippen LogP contribution in [0.25, 0.3) is 0 Å². The predicted molar refractivity (Wildman–Crippen MR) is 80.7 cm³/mol. The van der Waals surface area contributed by atoms with E-state index in [0.29, 0.717) is 0 Å². The number of carboxylic acids is 1. The van der Waals surface area contributed by atoms with Crippen molar-refractivity contribution in [2.24, 2.45) is 0 Å². The van der Waals surface area contributed by atoms with Crippen molar-refractivity contribution >= 4 is 18.0 Å². The van der Waals surface area contributed by atoms with Gasteiger partial charge in [-0.1, -0.05) is 0 Å². The van der Waals surface area contributed by atoms with Gasteiger partial charge in [-0.05, 0) is 20.8 Å². The van der Waals surface area contributed by atoms with Crippen LogP contribution in [0.3, 0.4) is 0 Å². The number of aromatic amines is 1. The first-order chi connectivity index (χ1) is 13.3. The van der Waals surface area contributed by atoms with Crippen molar-refractivity contribution in [3.8, 4) is 0 Å². The molecule has 0 fully saturated rings. The Hall–Kier alpha value is -2.58. The van der Waals surface area contributed by atoms with Crippen molar-refractivity contribution in [2.75, 3.05) is 6.50 Å². The molecule has 1 heterocycles. The third-order valence-electron chi connectivity index (χ3n) is 2.07. The molecule has 0 radical (unpaired) electrons. The van der Waals surface area contributed by atoms with E-state index in [1.807, 2.05) is 0 Å². The number of aliphatic carboxylic acids is 1. The zero-order chi connectivity index (χ0) is 23.7. The van der Waals surface area contributed by atoms with Crippen molar-refractivity contribution in [3.63, 3.8) is 0 Å². The lowest BCUT2D eigenvalue weighted by Crippen LogP contribution is -2.43. The van der Waals surface area contributed by atoms with E-state index in [1.165, 1.54) is 20.8 Å². The summed E-state index contributed by atoms with van der Waals surface area (Å²) in [6, 6.07) is -2.93. The number of carbonyl (C=O) groups is 3. The highest BCUT2D eigenvalue weighted by Crippen LogP contribution is 2.06. The number of carbonyl (C=O) groups excluding carboxylic acids is 2. The quantitative estimate of drug-likeness (QED) is 0.572. The molecule has 0 unspecified atom stereocenters. The molecular formula is C14H22N4O5. The summed E-state index contributed by atoms with van der Waals surface area (Å²) in [7, 11) is 0. The molecule has 1 aromatic rings. The van der Waals surface area contributed by atoms with Crippen LogP contribution in [-0.2, 0) is 20.7 Å². The molecule has 9 nitrogen and oxygen atoms in total. The number of hydrogen-bond donors (Lipinski definition) is 4. The molecule has 0 aliphatic carbocycles. The Balaban J connectivity index is 3.07. The first kappa shape index (κ1) is 10.2. The Kier molecular flexibility index (Phi) is 3.63. The van der Waals surface area contributed by atoms with E-state index in [-0.39, 0.29) is 5.69 Å². The molecule has 0 spiro atoms. The van der Waals surface area contributed by atoms with Crippen LogP contribution >= 0.6 is 0 Å². The number of aromatic nitrogens is 2. The van der Waals surface area contributed by atoms with Gasteiger partial charge in [-0.15, -0.1) is 0 Å². The van der Waals surface area contributed by atoms with Crippen LogP contribution in [0.4, 0.5) is 4.79 Å². The summed E-state index contributed by atoms with van der Waals surface area (Å²) in [6.07, 6.45) is -6.81. The second-order valence-corrected chi connectivity index (χ2v) is 5.23. The third kappa shape index (κ3) is 7.84. The largest absolute Gasteiger partial charge is 0.480 e. The van der Waals surface area contributed by atoms with E-state index in [2.05, 4.69) is 9.97 Å². The average Bonchev–Trinajstić information content (AvgIpc) is 2.81. The molecule has 1 atom stereocenters. The smallest absolute Gasteiger partial charge is 0.407 e. The van der Waals surface area contributed by atoms with Gasteiger partial charge in [0, 0.05) is 36.6 Å². The van der Waals surface area contributed by atoms with Crippen molar-refractivity contribution in [3.05, 3.63) is 18.2 Å². The molecule has 0 aliphatic heterocycles. The molecule has 0 aromatic carbocycles. The number of rotatable bonds is 7. The Morgan fingerprint density at radius 2 is 2.26 bits per heavy atom. The number of ether oxygens (including phenoxy) is 1. The molecule has 0 bridgehead atoms. The SMILES string of the molecule is [2H]c1nc([2H])c(C[C@]([2H])(NC(=O)C([2H])([2H])C([2H])([2H])NC(=O)OC(C)(C)C)C(=O)O)[nH]1.